The van der Waals surface area contributed by atoms with Crippen LogP contribution in [0.4, 0.5) is 5.82 Å². The summed E-state index contributed by atoms with van der Waals surface area (Å²) in [6, 6.07) is 0. The summed E-state index contributed by atoms with van der Waals surface area (Å²) in [7, 11) is 0. The molecule has 24 heavy (non-hydrogen) atoms. The second-order valence-electron chi connectivity index (χ2n) is 8.32. The molecule has 0 unspecified atom stereocenters. The van der Waals surface area contributed by atoms with Crippen LogP contribution < -0.4 is 10.2 Å². The van der Waals surface area contributed by atoms with Gasteiger partial charge in [0.2, 0.25) is 0 Å². The molecule has 1 fully saturated rings. The molecule has 1 aliphatic carbocycles. The minimum Gasteiger partial charge on any atom is -0.353 e. The van der Waals surface area contributed by atoms with E-state index in [0.717, 1.165) is 37.9 Å². The number of fused-ring (bicyclic) bond motifs is 3. The van der Waals surface area contributed by atoms with Crippen molar-refractivity contribution < 1.29 is 0 Å². The molecule has 4 nitrogen and oxygen atoms in total. The van der Waals surface area contributed by atoms with Gasteiger partial charge in [-0.2, -0.15) is 0 Å². The standard InChI is InChI=1S/C19H28N4S/c1-12-21-17(23-9-7-20-8-10-23)16-14-6-5-13(19(2,3)4)11-15(14)24-18(16)22-12/h13,20H,5-11H2,1-4H3/t13-/m1/s1. The molecule has 5 heteroatoms. The summed E-state index contributed by atoms with van der Waals surface area (Å²) in [6.07, 6.45) is 3.68. The number of aryl methyl sites for hydroxylation is 2. The molecule has 1 saturated heterocycles. The van der Waals surface area contributed by atoms with Gasteiger partial charge >= 0.3 is 0 Å². The molecular weight excluding hydrogens is 316 g/mol. The van der Waals surface area contributed by atoms with Gasteiger partial charge in [-0.1, -0.05) is 20.8 Å². The molecule has 0 radical (unpaired) electrons. The van der Waals surface area contributed by atoms with Crippen molar-refractivity contribution in [2.45, 2.75) is 47.0 Å². The lowest BCUT2D eigenvalue weighted by Gasteiger charge is -2.34. The third-order valence-corrected chi connectivity index (χ3v) is 6.79. The van der Waals surface area contributed by atoms with E-state index in [0.29, 0.717) is 5.41 Å². The van der Waals surface area contributed by atoms with Crippen LogP contribution in [-0.4, -0.2) is 36.1 Å². The molecule has 0 spiro atoms. The number of aromatic nitrogens is 2. The van der Waals surface area contributed by atoms with Crippen LogP contribution in [-0.2, 0) is 12.8 Å². The Morgan fingerprint density at radius 1 is 1.17 bits per heavy atom. The Labute approximate surface area is 148 Å². The first-order chi connectivity index (χ1) is 11.4. The first-order valence-electron chi connectivity index (χ1n) is 9.18. The summed E-state index contributed by atoms with van der Waals surface area (Å²) in [5.74, 6) is 2.86. The predicted molar refractivity (Wildman–Crippen MR) is 102 cm³/mol. The fourth-order valence-corrected chi connectivity index (χ4v) is 5.45. The number of piperazine rings is 1. The maximum atomic E-state index is 4.87. The molecule has 0 amide bonds. The second kappa shape index (κ2) is 5.95. The monoisotopic (exact) mass is 344 g/mol. The molecule has 4 rings (SSSR count). The Morgan fingerprint density at radius 3 is 2.62 bits per heavy atom. The van der Waals surface area contributed by atoms with E-state index in [4.69, 9.17) is 9.97 Å². The Bertz CT molecular complexity index is 753. The molecular formula is C19H28N4S. The van der Waals surface area contributed by atoms with Gasteiger partial charge in [0.25, 0.3) is 0 Å². The number of nitrogens with one attached hydrogen (secondary N) is 1. The van der Waals surface area contributed by atoms with E-state index < -0.39 is 0 Å². The highest BCUT2D eigenvalue weighted by Gasteiger charge is 2.32. The summed E-state index contributed by atoms with van der Waals surface area (Å²) in [6.45, 7) is 13.3. The van der Waals surface area contributed by atoms with Crippen LogP contribution in [0.2, 0.25) is 0 Å². The number of nitrogens with zero attached hydrogens (tertiary/aromatic N) is 3. The Balaban J connectivity index is 1.80. The smallest absolute Gasteiger partial charge is 0.141 e. The normalized spacial score (nSPS) is 22.0. The number of hydrogen-bond donors (Lipinski definition) is 1. The van der Waals surface area contributed by atoms with Gasteiger partial charge < -0.3 is 10.2 Å². The summed E-state index contributed by atoms with van der Waals surface area (Å²) < 4.78 is 0. The zero-order valence-corrected chi connectivity index (χ0v) is 16.1. The van der Waals surface area contributed by atoms with Crippen LogP contribution in [0.1, 0.15) is 43.5 Å². The Kier molecular flexibility index (Phi) is 4.04. The topological polar surface area (TPSA) is 41.1 Å². The number of thiophene rings is 1. The molecule has 2 aromatic rings. The van der Waals surface area contributed by atoms with Crippen molar-refractivity contribution in [3.05, 3.63) is 16.3 Å². The minimum absolute atomic E-state index is 0.386. The van der Waals surface area contributed by atoms with Crippen molar-refractivity contribution in [1.29, 1.82) is 0 Å². The van der Waals surface area contributed by atoms with E-state index >= 15 is 0 Å². The van der Waals surface area contributed by atoms with Crippen molar-refractivity contribution in [2.24, 2.45) is 11.3 Å². The van der Waals surface area contributed by atoms with Gasteiger partial charge in [-0.3, -0.25) is 0 Å². The second-order valence-corrected chi connectivity index (χ2v) is 9.40. The predicted octanol–water partition coefficient (Wildman–Crippen LogP) is 3.56. The molecule has 2 aliphatic rings. The van der Waals surface area contributed by atoms with Crippen molar-refractivity contribution in [2.75, 3.05) is 31.1 Å². The molecule has 0 saturated carbocycles. The molecule has 3 heterocycles. The first kappa shape index (κ1) is 16.3. The lowest BCUT2D eigenvalue weighted by atomic mass is 9.72. The van der Waals surface area contributed by atoms with Crippen LogP contribution in [0.15, 0.2) is 0 Å². The van der Waals surface area contributed by atoms with Gasteiger partial charge in [0.15, 0.2) is 0 Å². The van der Waals surface area contributed by atoms with Crippen molar-refractivity contribution in [3.8, 4) is 0 Å². The maximum absolute atomic E-state index is 4.87. The van der Waals surface area contributed by atoms with Crippen LogP contribution >= 0.6 is 11.3 Å². The van der Waals surface area contributed by atoms with Crippen molar-refractivity contribution in [3.63, 3.8) is 0 Å². The zero-order valence-electron chi connectivity index (χ0n) is 15.3. The highest BCUT2D eigenvalue weighted by Crippen LogP contribution is 2.44. The largest absolute Gasteiger partial charge is 0.353 e. The Hall–Kier alpha value is -1.20. The molecule has 1 atom stereocenters. The molecule has 1 aliphatic heterocycles. The van der Waals surface area contributed by atoms with Crippen LogP contribution in [0.25, 0.3) is 10.2 Å². The third-order valence-electron chi connectivity index (χ3n) is 5.64. The van der Waals surface area contributed by atoms with Crippen molar-refractivity contribution >= 4 is 27.4 Å². The van der Waals surface area contributed by atoms with E-state index in [9.17, 15) is 0 Å². The molecule has 0 bridgehead atoms. The maximum Gasteiger partial charge on any atom is 0.141 e. The lowest BCUT2D eigenvalue weighted by Crippen LogP contribution is -2.44. The fourth-order valence-electron chi connectivity index (χ4n) is 4.11. The van der Waals surface area contributed by atoms with Crippen LogP contribution in [0.3, 0.4) is 0 Å². The first-order valence-corrected chi connectivity index (χ1v) is 9.99. The SMILES string of the molecule is Cc1nc(N2CCNCC2)c2c3c(sc2n1)C[C@H](C(C)(C)C)CC3. The Morgan fingerprint density at radius 2 is 1.92 bits per heavy atom. The van der Waals surface area contributed by atoms with E-state index in [1.807, 2.05) is 18.3 Å². The molecule has 130 valence electrons. The van der Waals surface area contributed by atoms with Gasteiger partial charge in [0.05, 0.1) is 5.39 Å². The van der Waals surface area contributed by atoms with E-state index in [-0.39, 0.29) is 0 Å². The highest BCUT2D eigenvalue weighted by molar-refractivity contribution is 7.19. The zero-order chi connectivity index (χ0) is 16.9. The average molecular weight is 345 g/mol. The van der Waals surface area contributed by atoms with Gasteiger partial charge in [-0.15, -0.1) is 11.3 Å². The lowest BCUT2D eigenvalue weighted by molar-refractivity contribution is 0.218. The molecule has 2 aromatic heterocycles. The quantitative estimate of drug-likeness (QED) is 0.859. The van der Waals surface area contributed by atoms with Crippen LogP contribution in [0, 0.1) is 18.3 Å². The fraction of sp³-hybridized carbons (Fsp3) is 0.684. The summed E-state index contributed by atoms with van der Waals surface area (Å²) >= 11 is 1.92. The van der Waals surface area contributed by atoms with Gasteiger partial charge in [0, 0.05) is 31.1 Å². The molecule has 1 N–H and O–H groups in total. The number of rotatable bonds is 1. The summed E-state index contributed by atoms with van der Waals surface area (Å²) in [5.41, 5.74) is 1.93. The summed E-state index contributed by atoms with van der Waals surface area (Å²) in [5, 5.41) is 4.80. The van der Waals surface area contributed by atoms with E-state index in [2.05, 4.69) is 31.0 Å². The van der Waals surface area contributed by atoms with Crippen LogP contribution in [0.5, 0.6) is 0 Å². The number of anilines is 1. The summed E-state index contributed by atoms with van der Waals surface area (Å²) in [4.78, 5) is 14.9. The van der Waals surface area contributed by atoms with Gasteiger partial charge in [-0.05, 0) is 43.1 Å². The minimum atomic E-state index is 0.386. The van der Waals surface area contributed by atoms with Gasteiger partial charge in [-0.25, -0.2) is 9.97 Å². The van der Waals surface area contributed by atoms with E-state index in [1.165, 1.54) is 35.3 Å². The van der Waals surface area contributed by atoms with Gasteiger partial charge in [0.1, 0.15) is 16.5 Å². The third kappa shape index (κ3) is 2.82. The average Bonchev–Trinajstić information content (AvgIpc) is 2.91. The highest BCUT2D eigenvalue weighted by atomic mass is 32.1. The molecule has 0 aromatic carbocycles. The van der Waals surface area contributed by atoms with E-state index in [1.54, 1.807) is 10.4 Å². The van der Waals surface area contributed by atoms with Crippen molar-refractivity contribution in [1.82, 2.24) is 15.3 Å². The number of hydrogen-bond acceptors (Lipinski definition) is 5.